The zero-order valence-corrected chi connectivity index (χ0v) is 14.5. The largest absolute Gasteiger partial charge is 0.410 e. The quantitative estimate of drug-likeness (QED) is 0.438. The van der Waals surface area contributed by atoms with Crippen LogP contribution in [0.4, 0.5) is 0 Å². The fourth-order valence-electron chi connectivity index (χ4n) is 1.16. The molecule has 5 heteroatoms. The van der Waals surface area contributed by atoms with Crippen molar-refractivity contribution in [3.63, 3.8) is 0 Å². The predicted octanol–water partition coefficient (Wildman–Crippen LogP) is 3.04. The average Bonchev–Trinajstić information content (AvgIpc) is 2.30. The molecule has 0 heterocycles. The number of unbranched alkanes of at least 4 members (excludes halogenated alkanes) is 3. The topological polar surface area (TPSA) is 47.9 Å². The van der Waals surface area contributed by atoms with Gasteiger partial charge in [-0.2, -0.15) is 0 Å². The van der Waals surface area contributed by atoms with Gasteiger partial charge in [0.25, 0.3) is 0 Å². The van der Waals surface area contributed by atoms with Gasteiger partial charge in [-0.1, -0.05) is 40.0 Å². The van der Waals surface area contributed by atoms with Gasteiger partial charge in [0.1, 0.15) is 0 Å². The van der Waals surface area contributed by atoms with Gasteiger partial charge in [0, 0.05) is 26.2 Å². The van der Waals surface area contributed by atoms with Crippen LogP contribution in [-0.2, 0) is 40.4 Å². The van der Waals surface area contributed by atoms with Gasteiger partial charge in [-0.05, 0) is 19.3 Å². The van der Waals surface area contributed by atoms with Crippen molar-refractivity contribution in [2.75, 3.05) is 19.8 Å². The van der Waals surface area contributed by atoms with E-state index < -0.39 is 6.16 Å². The molecule has 0 spiro atoms. The molecule has 0 bridgehead atoms. The Morgan fingerprint density at radius 3 is 1.22 bits per heavy atom. The van der Waals surface area contributed by atoms with Crippen LogP contribution in [0.25, 0.3) is 0 Å². The molecule has 4 nitrogen and oxygen atoms in total. The third-order valence-corrected chi connectivity index (χ3v) is 2.35. The first-order chi connectivity index (χ1) is 8.18. The van der Waals surface area contributed by atoms with Crippen molar-refractivity contribution in [2.24, 2.45) is 0 Å². The Labute approximate surface area is 131 Å². The summed E-state index contributed by atoms with van der Waals surface area (Å²) in [5.74, 6) is 0. The SMILES string of the molecule is CCCCOC(O)(OCCCC)OCCCC.[Zr]. The molecule has 0 saturated heterocycles. The van der Waals surface area contributed by atoms with E-state index in [1.807, 2.05) is 0 Å². The van der Waals surface area contributed by atoms with Crippen LogP contribution in [-0.4, -0.2) is 31.1 Å². The molecule has 0 fully saturated rings. The van der Waals surface area contributed by atoms with E-state index in [9.17, 15) is 5.11 Å². The van der Waals surface area contributed by atoms with Gasteiger partial charge in [0.15, 0.2) is 0 Å². The van der Waals surface area contributed by atoms with E-state index >= 15 is 0 Å². The number of rotatable bonds is 12. The first-order valence-electron chi connectivity index (χ1n) is 6.82. The van der Waals surface area contributed by atoms with E-state index in [0.29, 0.717) is 19.8 Å². The Hall–Kier alpha value is 0.723. The first-order valence-corrected chi connectivity index (χ1v) is 6.82. The smallest absolute Gasteiger partial charge is 0.319 e. The third-order valence-electron chi connectivity index (χ3n) is 2.35. The molecule has 18 heavy (non-hydrogen) atoms. The molecular formula is C13H28O4Zr. The fraction of sp³-hybridized carbons (Fsp3) is 1.00. The fourth-order valence-corrected chi connectivity index (χ4v) is 1.16. The Balaban J connectivity index is 0. The Bertz CT molecular complexity index is 141. The maximum atomic E-state index is 10.0. The molecule has 1 N–H and O–H groups in total. The minimum atomic E-state index is -1.85. The van der Waals surface area contributed by atoms with Crippen LogP contribution in [0.1, 0.15) is 59.3 Å². The molecule has 0 amide bonds. The summed E-state index contributed by atoms with van der Waals surface area (Å²) >= 11 is 0. The van der Waals surface area contributed by atoms with Crippen molar-refractivity contribution < 1.29 is 45.5 Å². The maximum Gasteiger partial charge on any atom is 0.410 e. The van der Waals surface area contributed by atoms with Crippen molar-refractivity contribution in [1.29, 1.82) is 0 Å². The van der Waals surface area contributed by atoms with Gasteiger partial charge < -0.3 is 19.3 Å². The zero-order valence-electron chi connectivity index (χ0n) is 12.0. The second kappa shape index (κ2) is 14.1. The molecule has 0 aromatic heterocycles. The van der Waals surface area contributed by atoms with E-state index in [4.69, 9.17) is 14.2 Å². The van der Waals surface area contributed by atoms with Gasteiger partial charge >= 0.3 is 6.16 Å². The van der Waals surface area contributed by atoms with Gasteiger partial charge in [0.05, 0.1) is 19.8 Å². The molecule has 0 atom stereocenters. The summed E-state index contributed by atoms with van der Waals surface area (Å²) in [6.07, 6.45) is 3.85. The van der Waals surface area contributed by atoms with Gasteiger partial charge in [-0.3, -0.25) is 0 Å². The second-order valence-corrected chi connectivity index (χ2v) is 4.13. The van der Waals surface area contributed by atoms with Gasteiger partial charge in [-0.15, -0.1) is 0 Å². The zero-order chi connectivity index (χ0) is 13.0. The Kier molecular flexibility index (Phi) is 16.5. The molecule has 0 radical (unpaired) electrons. The van der Waals surface area contributed by atoms with Crippen molar-refractivity contribution in [2.45, 2.75) is 65.5 Å². The molecule has 0 aliphatic carbocycles. The van der Waals surface area contributed by atoms with E-state index in [2.05, 4.69) is 20.8 Å². The van der Waals surface area contributed by atoms with Crippen molar-refractivity contribution in [1.82, 2.24) is 0 Å². The molecule has 0 unspecified atom stereocenters. The molecule has 108 valence electrons. The molecule has 0 aliphatic rings. The summed E-state index contributed by atoms with van der Waals surface area (Å²) in [6.45, 7) is 7.55. The normalized spacial score (nSPS) is 11.3. The summed E-state index contributed by atoms with van der Waals surface area (Å²) in [5, 5.41) is 10.0. The van der Waals surface area contributed by atoms with E-state index in [0.717, 1.165) is 38.5 Å². The molecule has 0 saturated carbocycles. The van der Waals surface area contributed by atoms with Crippen LogP contribution in [0.3, 0.4) is 0 Å². The molecule has 0 aliphatic heterocycles. The number of aliphatic hydroxyl groups is 1. The number of hydrogen-bond donors (Lipinski definition) is 1. The average molecular weight is 340 g/mol. The standard InChI is InChI=1S/C13H28O4.Zr/c1-4-7-10-15-13(14,16-11-8-5-2)17-12-9-6-3;/h14H,4-12H2,1-3H3;. The molecule has 0 aromatic rings. The van der Waals surface area contributed by atoms with E-state index in [1.54, 1.807) is 0 Å². The maximum absolute atomic E-state index is 10.0. The van der Waals surface area contributed by atoms with Crippen LogP contribution < -0.4 is 0 Å². The minimum absolute atomic E-state index is 0. The molecule has 0 aromatic carbocycles. The third kappa shape index (κ3) is 11.8. The second-order valence-electron chi connectivity index (χ2n) is 4.13. The number of hydrogen-bond acceptors (Lipinski definition) is 4. The van der Waals surface area contributed by atoms with E-state index in [-0.39, 0.29) is 26.2 Å². The van der Waals surface area contributed by atoms with Crippen molar-refractivity contribution >= 4 is 0 Å². The summed E-state index contributed by atoms with van der Waals surface area (Å²) in [4.78, 5) is 0. The summed E-state index contributed by atoms with van der Waals surface area (Å²) in [5.41, 5.74) is 0. The predicted molar refractivity (Wildman–Crippen MR) is 67.5 cm³/mol. The van der Waals surface area contributed by atoms with Crippen LogP contribution in [0, 0.1) is 0 Å². The van der Waals surface area contributed by atoms with Gasteiger partial charge in [-0.25, -0.2) is 0 Å². The Morgan fingerprint density at radius 1 is 0.722 bits per heavy atom. The monoisotopic (exact) mass is 338 g/mol. The van der Waals surface area contributed by atoms with Crippen molar-refractivity contribution in [3.05, 3.63) is 0 Å². The van der Waals surface area contributed by atoms with Crippen LogP contribution in [0.15, 0.2) is 0 Å². The van der Waals surface area contributed by atoms with E-state index in [1.165, 1.54) is 0 Å². The minimum Gasteiger partial charge on any atom is -0.319 e. The van der Waals surface area contributed by atoms with Crippen LogP contribution in [0.2, 0.25) is 0 Å². The number of ether oxygens (including phenoxy) is 3. The summed E-state index contributed by atoms with van der Waals surface area (Å²) in [7, 11) is 0. The summed E-state index contributed by atoms with van der Waals surface area (Å²) < 4.78 is 15.8. The Morgan fingerprint density at radius 2 is 1.00 bits per heavy atom. The first kappa shape index (κ1) is 21.0. The summed E-state index contributed by atoms with van der Waals surface area (Å²) in [6, 6.07) is 0. The van der Waals surface area contributed by atoms with Crippen LogP contribution >= 0.6 is 0 Å². The van der Waals surface area contributed by atoms with Crippen LogP contribution in [0.5, 0.6) is 0 Å². The van der Waals surface area contributed by atoms with Crippen molar-refractivity contribution in [3.8, 4) is 0 Å². The van der Waals surface area contributed by atoms with Gasteiger partial charge in [0.2, 0.25) is 0 Å². The molecule has 0 rings (SSSR count). The molecular weight excluding hydrogens is 311 g/mol.